The Hall–Kier alpha value is -1.10. The summed E-state index contributed by atoms with van der Waals surface area (Å²) in [4.78, 5) is 13.5. The van der Waals surface area contributed by atoms with Crippen LogP contribution >= 0.6 is 11.6 Å². The number of benzene rings is 1. The lowest BCUT2D eigenvalue weighted by Gasteiger charge is -2.21. The van der Waals surface area contributed by atoms with E-state index in [1.807, 2.05) is 13.0 Å². The maximum absolute atomic E-state index is 12.1. The van der Waals surface area contributed by atoms with Crippen LogP contribution in [0.1, 0.15) is 15.9 Å². The first kappa shape index (κ1) is 15.0. The van der Waals surface area contributed by atoms with Crippen LogP contribution in [0.25, 0.3) is 0 Å². The zero-order chi connectivity index (χ0) is 13.7. The Labute approximate surface area is 112 Å². The van der Waals surface area contributed by atoms with Gasteiger partial charge in [-0.2, -0.15) is 0 Å². The Morgan fingerprint density at radius 3 is 2.78 bits per heavy atom. The summed E-state index contributed by atoms with van der Waals surface area (Å²) in [7, 11) is 3.12. The molecule has 1 rings (SSSR count). The molecule has 0 spiro atoms. The minimum atomic E-state index is -0.701. The second kappa shape index (κ2) is 6.73. The third kappa shape index (κ3) is 3.98. The van der Waals surface area contributed by atoms with Gasteiger partial charge >= 0.3 is 0 Å². The summed E-state index contributed by atoms with van der Waals surface area (Å²) in [5, 5.41) is 10.0. The Bertz CT molecular complexity index is 423. The van der Waals surface area contributed by atoms with E-state index in [4.69, 9.17) is 16.3 Å². The third-order valence-corrected chi connectivity index (χ3v) is 2.86. The standard InChI is InChI=1S/C13H18ClNO3/c1-9-4-5-11(12(14)6-9)13(17)15(2)7-10(16)8-18-3/h4-6,10,16H,7-8H2,1-3H3. The fourth-order valence-electron chi connectivity index (χ4n) is 1.64. The molecule has 5 heteroatoms. The van der Waals surface area contributed by atoms with Gasteiger partial charge in [0.2, 0.25) is 0 Å². The SMILES string of the molecule is COCC(O)CN(C)C(=O)c1ccc(C)cc1Cl. The number of amides is 1. The molecule has 0 saturated heterocycles. The van der Waals surface area contributed by atoms with E-state index in [1.165, 1.54) is 12.0 Å². The minimum absolute atomic E-state index is 0.194. The Kier molecular flexibility index (Phi) is 5.59. The van der Waals surface area contributed by atoms with Gasteiger partial charge in [0.05, 0.1) is 23.3 Å². The first-order valence-corrected chi connectivity index (χ1v) is 6.02. The first-order chi connectivity index (χ1) is 8.45. The van der Waals surface area contributed by atoms with Gasteiger partial charge in [-0.15, -0.1) is 0 Å². The number of methoxy groups -OCH3 is 1. The fraction of sp³-hybridized carbons (Fsp3) is 0.462. The van der Waals surface area contributed by atoms with Crippen molar-refractivity contribution in [3.8, 4) is 0 Å². The highest BCUT2D eigenvalue weighted by atomic mass is 35.5. The second-order valence-electron chi connectivity index (χ2n) is 4.28. The van der Waals surface area contributed by atoms with E-state index in [0.29, 0.717) is 10.6 Å². The quantitative estimate of drug-likeness (QED) is 0.887. The zero-order valence-corrected chi connectivity index (χ0v) is 11.6. The van der Waals surface area contributed by atoms with Gasteiger partial charge in [-0.3, -0.25) is 4.79 Å². The number of nitrogens with zero attached hydrogens (tertiary/aromatic N) is 1. The number of likely N-dealkylation sites (N-methyl/N-ethyl adjacent to an activating group) is 1. The number of ether oxygens (including phenoxy) is 1. The Morgan fingerprint density at radius 2 is 2.22 bits per heavy atom. The predicted octanol–water partition coefficient (Wildman–Crippen LogP) is 1.73. The lowest BCUT2D eigenvalue weighted by Crippen LogP contribution is -2.36. The molecule has 1 aromatic rings. The average molecular weight is 272 g/mol. The lowest BCUT2D eigenvalue weighted by molar-refractivity contribution is 0.0380. The van der Waals surface area contributed by atoms with Crippen molar-refractivity contribution in [2.75, 3.05) is 27.3 Å². The van der Waals surface area contributed by atoms with Crippen LogP contribution in [0.3, 0.4) is 0 Å². The molecule has 4 nitrogen and oxygen atoms in total. The highest BCUT2D eigenvalue weighted by molar-refractivity contribution is 6.33. The van der Waals surface area contributed by atoms with Crippen molar-refractivity contribution in [2.45, 2.75) is 13.0 Å². The highest BCUT2D eigenvalue weighted by Gasteiger charge is 2.17. The van der Waals surface area contributed by atoms with Gasteiger partial charge in [0.1, 0.15) is 0 Å². The highest BCUT2D eigenvalue weighted by Crippen LogP contribution is 2.19. The van der Waals surface area contributed by atoms with Gasteiger partial charge in [-0.05, 0) is 24.6 Å². The second-order valence-corrected chi connectivity index (χ2v) is 4.69. The number of halogens is 1. The monoisotopic (exact) mass is 271 g/mol. The number of aliphatic hydroxyl groups is 1. The van der Waals surface area contributed by atoms with E-state index in [2.05, 4.69) is 0 Å². The molecule has 0 aliphatic rings. The normalized spacial score (nSPS) is 12.3. The van der Waals surface area contributed by atoms with Gasteiger partial charge in [0.25, 0.3) is 5.91 Å². The van der Waals surface area contributed by atoms with Crippen molar-refractivity contribution in [1.82, 2.24) is 4.90 Å². The van der Waals surface area contributed by atoms with E-state index >= 15 is 0 Å². The number of aliphatic hydroxyl groups excluding tert-OH is 1. The van der Waals surface area contributed by atoms with Crippen LogP contribution in [-0.2, 0) is 4.74 Å². The molecule has 0 aliphatic heterocycles. The minimum Gasteiger partial charge on any atom is -0.389 e. The van der Waals surface area contributed by atoms with Crippen LogP contribution < -0.4 is 0 Å². The van der Waals surface area contributed by atoms with Crippen LogP contribution in [0.2, 0.25) is 5.02 Å². The Balaban J connectivity index is 2.74. The molecule has 0 aromatic heterocycles. The summed E-state index contributed by atoms with van der Waals surface area (Å²) in [5.74, 6) is -0.213. The van der Waals surface area contributed by atoms with E-state index < -0.39 is 6.10 Å². The molecule has 0 radical (unpaired) electrons. The maximum atomic E-state index is 12.1. The molecule has 0 saturated carbocycles. The van der Waals surface area contributed by atoms with E-state index in [9.17, 15) is 9.90 Å². The Morgan fingerprint density at radius 1 is 1.56 bits per heavy atom. The molecule has 1 N–H and O–H groups in total. The largest absolute Gasteiger partial charge is 0.389 e. The van der Waals surface area contributed by atoms with Gasteiger partial charge in [-0.25, -0.2) is 0 Å². The van der Waals surface area contributed by atoms with E-state index in [1.54, 1.807) is 19.2 Å². The zero-order valence-electron chi connectivity index (χ0n) is 10.8. The molecule has 100 valence electrons. The number of aryl methyl sites for hydroxylation is 1. The van der Waals surface area contributed by atoms with Crippen molar-refractivity contribution in [3.63, 3.8) is 0 Å². The summed E-state index contributed by atoms with van der Waals surface area (Å²) >= 11 is 6.03. The summed E-state index contributed by atoms with van der Waals surface area (Å²) in [6.07, 6.45) is -0.701. The molecule has 0 bridgehead atoms. The molecule has 1 atom stereocenters. The van der Waals surface area contributed by atoms with Crippen LogP contribution in [0.4, 0.5) is 0 Å². The van der Waals surface area contributed by atoms with Gasteiger partial charge in [0, 0.05) is 20.7 Å². The van der Waals surface area contributed by atoms with Crippen molar-refractivity contribution < 1.29 is 14.6 Å². The third-order valence-electron chi connectivity index (χ3n) is 2.55. The first-order valence-electron chi connectivity index (χ1n) is 5.64. The summed E-state index contributed by atoms with van der Waals surface area (Å²) in [6, 6.07) is 5.27. The van der Waals surface area contributed by atoms with Crippen molar-refractivity contribution >= 4 is 17.5 Å². The molecular weight excluding hydrogens is 254 g/mol. The molecule has 1 aromatic carbocycles. The molecule has 0 aliphatic carbocycles. The van der Waals surface area contributed by atoms with E-state index in [0.717, 1.165) is 5.56 Å². The molecule has 0 heterocycles. The number of carbonyl (C=O) groups excluding carboxylic acids is 1. The average Bonchev–Trinajstić information content (AvgIpc) is 2.28. The maximum Gasteiger partial charge on any atom is 0.255 e. The summed E-state index contributed by atoms with van der Waals surface area (Å²) < 4.78 is 4.82. The summed E-state index contributed by atoms with van der Waals surface area (Å²) in [5.41, 5.74) is 1.44. The molecular formula is C13H18ClNO3. The smallest absolute Gasteiger partial charge is 0.255 e. The lowest BCUT2D eigenvalue weighted by atomic mass is 10.1. The van der Waals surface area contributed by atoms with Crippen molar-refractivity contribution in [2.24, 2.45) is 0 Å². The van der Waals surface area contributed by atoms with E-state index in [-0.39, 0.29) is 19.1 Å². The van der Waals surface area contributed by atoms with Gasteiger partial charge in [0.15, 0.2) is 0 Å². The van der Waals surface area contributed by atoms with Crippen molar-refractivity contribution in [1.29, 1.82) is 0 Å². The number of hydrogen-bond acceptors (Lipinski definition) is 3. The number of hydrogen-bond donors (Lipinski definition) is 1. The molecule has 1 unspecified atom stereocenters. The molecule has 0 fully saturated rings. The van der Waals surface area contributed by atoms with Crippen LogP contribution in [0, 0.1) is 6.92 Å². The molecule has 1 amide bonds. The topological polar surface area (TPSA) is 49.8 Å². The number of carbonyl (C=O) groups is 1. The predicted molar refractivity (Wildman–Crippen MR) is 71.0 cm³/mol. The van der Waals surface area contributed by atoms with Crippen LogP contribution in [0.15, 0.2) is 18.2 Å². The van der Waals surface area contributed by atoms with Gasteiger partial charge in [-0.1, -0.05) is 17.7 Å². The number of rotatable bonds is 5. The van der Waals surface area contributed by atoms with Gasteiger partial charge < -0.3 is 14.7 Å². The summed E-state index contributed by atoms with van der Waals surface area (Å²) in [6.45, 7) is 2.31. The fourth-order valence-corrected chi connectivity index (χ4v) is 1.96. The molecule has 18 heavy (non-hydrogen) atoms. The van der Waals surface area contributed by atoms with Crippen LogP contribution in [-0.4, -0.2) is 49.3 Å². The van der Waals surface area contributed by atoms with Crippen LogP contribution in [0.5, 0.6) is 0 Å². The van der Waals surface area contributed by atoms with Crippen molar-refractivity contribution in [3.05, 3.63) is 34.3 Å².